The smallest absolute Gasteiger partial charge is 0.378 e. The van der Waals surface area contributed by atoms with Crippen molar-refractivity contribution in [3.05, 3.63) is 46.2 Å². The fourth-order valence-electron chi connectivity index (χ4n) is 3.14. The van der Waals surface area contributed by atoms with Crippen LogP contribution in [0.1, 0.15) is 27.5 Å². The van der Waals surface area contributed by atoms with Crippen molar-refractivity contribution in [3.63, 3.8) is 0 Å². The lowest BCUT2D eigenvalue weighted by Crippen LogP contribution is -2.52. The number of pyridine rings is 1. The lowest BCUT2D eigenvalue weighted by molar-refractivity contribution is -0.211. The number of hydrogen-bond donors (Lipinski definition) is 2. The molecule has 0 bridgehead atoms. The molecule has 0 saturated heterocycles. The van der Waals surface area contributed by atoms with Gasteiger partial charge in [0.25, 0.3) is 0 Å². The number of nitrogens with zero attached hydrogens (tertiary/aromatic N) is 1. The largest absolute Gasteiger partial charge is 0.493 e. The summed E-state index contributed by atoms with van der Waals surface area (Å²) in [5.74, 6) is -6.35. The number of carboxylic acid groups (broad SMARTS) is 1. The zero-order chi connectivity index (χ0) is 20.6. The fraction of sp³-hybridized carbons (Fsp3) is 0.278. The third-order valence-electron chi connectivity index (χ3n) is 4.36. The number of benzene rings is 1. The van der Waals surface area contributed by atoms with Gasteiger partial charge in [0, 0.05) is 5.56 Å². The van der Waals surface area contributed by atoms with Crippen LogP contribution < -0.4 is 14.2 Å². The Bertz CT molecular complexity index is 938. The molecule has 2 aromatic rings. The van der Waals surface area contributed by atoms with Gasteiger partial charge in [-0.15, -0.1) is 0 Å². The molecule has 28 heavy (non-hydrogen) atoms. The van der Waals surface area contributed by atoms with Gasteiger partial charge in [-0.2, -0.15) is 0 Å². The highest BCUT2D eigenvalue weighted by Gasteiger charge is 2.55. The van der Waals surface area contributed by atoms with Gasteiger partial charge in [0.15, 0.2) is 17.2 Å². The maximum Gasteiger partial charge on any atom is 0.378 e. The summed E-state index contributed by atoms with van der Waals surface area (Å²) < 4.78 is 20.7. The van der Waals surface area contributed by atoms with Gasteiger partial charge in [0.1, 0.15) is 5.15 Å². The number of aromatic nitrogens is 1. The summed E-state index contributed by atoms with van der Waals surface area (Å²) in [5, 5.41) is 20.4. The molecule has 2 atom stereocenters. The Balaban J connectivity index is 2.32. The number of aliphatic carboxylic acids is 1. The number of fused-ring (bicyclic) bond motifs is 1. The second kappa shape index (κ2) is 7.17. The number of aliphatic hydroxyl groups is 1. The first-order chi connectivity index (χ1) is 13.3. The zero-order valence-corrected chi connectivity index (χ0v) is 15.8. The van der Waals surface area contributed by atoms with Crippen LogP contribution in [-0.2, 0) is 9.53 Å². The maximum atomic E-state index is 12.2. The number of methoxy groups -OCH3 is 3. The average Bonchev–Trinajstić information content (AvgIpc) is 2.67. The first-order valence-corrected chi connectivity index (χ1v) is 8.30. The van der Waals surface area contributed by atoms with E-state index in [1.54, 1.807) is 0 Å². The molecule has 0 radical (unpaired) electrons. The molecule has 0 fully saturated rings. The van der Waals surface area contributed by atoms with E-state index in [0.717, 1.165) is 0 Å². The van der Waals surface area contributed by atoms with Crippen LogP contribution in [0.25, 0.3) is 0 Å². The number of hydrogen-bond acceptors (Lipinski definition) is 8. The Morgan fingerprint density at radius 2 is 1.79 bits per heavy atom. The van der Waals surface area contributed by atoms with Crippen molar-refractivity contribution in [1.29, 1.82) is 0 Å². The van der Waals surface area contributed by atoms with Gasteiger partial charge < -0.3 is 29.2 Å². The van der Waals surface area contributed by atoms with Crippen molar-refractivity contribution in [2.24, 2.45) is 0 Å². The Labute approximate surface area is 164 Å². The van der Waals surface area contributed by atoms with Gasteiger partial charge in [0.2, 0.25) is 5.75 Å². The van der Waals surface area contributed by atoms with E-state index in [0.29, 0.717) is 0 Å². The van der Waals surface area contributed by atoms with E-state index in [-0.39, 0.29) is 39.2 Å². The molecule has 1 aliphatic rings. The molecular formula is C18H16ClNO8. The minimum absolute atomic E-state index is 0.0140. The fourth-order valence-corrected chi connectivity index (χ4v) is 3.29. The third-order valence-corrected chi connectivity index (χ3v) is 4.57. The highest BCUT2D eigenvalue weighted by Crippen LogP contribution is 2.47. The zero-order valence-electron chi connectivity index (χ0n) is 15.1. The second-order valence-electron chi connectivity index (χ2n) is 5.85. The summed E-state index contributed by atoms with van der Waals surface area (Å²) in [4.78, 5) is 28.0. The molecule has 0 amide bonds. The van der Waals surface area contributed by atoms with Gasteiger partial charge in [0.05, 0.1) is 27.2 Å². The topological polar surface area (TPSA) is 124 Å². The highest BCUT2D eigenvalue weighted by atomic mass is 35.5. The summed E-state index contributed by atoms with van der Waals surface area (Å²) in [6.45, 7) is 0. The van der Waals surface area contributed by atoms with E-state index in [1.807, 2.05) is 0 Å². The number of cyclic esters (lactones) is 1. The van der Waals surface area contributed by atoms with Gasteiger partial charge >= 0.3 is 17.7 Å². The molecule has 0 spiro atoms. The molecule has 148 valence electrons. The van der Waals surface area contributed by atoms with E-state index in [1.165, 1.54) is 45.6 Å². The van der Waals surface area contributed by atoms with Crippen LogP contribution in [0.5, 0.6) is 17.2 Å². The SMILES string of the molecule is COc1cc(C2c3ccc(Cl)nc3C(=O)OC2(O)C(=O)O)cc(OC)c1OC. The second-order valence-corrected chi connectivity index (χ2v) is 6.24. The van der Waals surface area contributed by atoms with Crippen LogP contribution in [0.4, 0.5) is 0 Å². The predicted octanol–water partition coefficient (Wildman–Crippen LogP) is 1.84. The first-order valence-electron chi connectivity index (χ1n) is 7.92. The Kier molecular flexibility index (Phi) is 5.05. The number of carbonyl (C=O) groups is 2. The highest BCUT2D eigenvalue weighted by molar-refractivity contribution is 6.29. The molecule has 2 N–H and O–H groups in total. The number of esters is 1. The predicted molar refractivity (Wildman–Crippen MR) is 95.2 cm³/mol. The van der Waals surface area contributed by atoms with Crippen LogP contribution in [0, 0.1) is 0 Å². The number of carbonyl (C=O) groups excluding carboxylic acids is 1. The molecule has 2 heterocycles. The molecule has 3 rings (SSSR count). The maximum absolute atomic E-state index is 12.2. The molecule has 1 aromatic carbocycles. The number of rotatable bonds is 5. The molecule has 2 unspecified atom stereocenters. The third kappa shape index (κ3) is 2.98. The number of carboxylic acids is 1. The molecular weight excluding hydrogens is 394 g/mol. The monoisotopic (exact) mass is 409 g/mol. The standard InChI is InChI=1S/C18H16ClNO8/c1-25-10-6-8(7-11(26-2)15(10)27-3)13-9-4-5-12(19)20-14(9)16(21)28-18(13,24)17(22)23/h4-7,13,24H,1-3H3,(H,22,23). The van der Waals surface area contributed by atoms with E-state index in [2.05, 4.69) is 4.98 Å². The average molecular weight is 410 g/mol. The van der Waals surface area contributed by atoms with Crippen molar-refractivity contribution in [2.75, 3.05) is 21.3 Å². The molecule has 10 heteroatoms. The molecule has 1 aliphatic heterocycles. The lowest BCUT2D eigenvalue weighted by atomic mass is 9.81. The summed E-state index contributed by atoms with van der Waals surface area (Å²) in [7, 11) is 4.19. The van der Waals surface area contributed by atoms with Crippen molar-refractivity contribution >= 4 is 23.5 Å². The van der Waals surface area contributed by atoms with Crippen LogP contribution in [0.3, 0.4) is 0 Å². The summed E-state index contributed by atoms with van der Waals surface area (Å²) in [6, 6.07) is 5.70. The van der Waals surface area contributed by atoms with Gasteiger partial charge in [-0.3, -0.25) is 0 Å². The van der Waals surface area contributed by atoms with Crippen molar-refractivity contribution < 1.29 is 38.7 Å². The normalized spacial score (nSPS) is 20.8. The first kappa shape index (κ1) is 19.7. The van der Waals surface area contributed by atoms with Crippen LogP contribution in [-0.4, -0.2) is 54.3 Å². The van der Waals surface area contributed by atoms with Crippen molar-refractivity contribution in [3.8, 4) is 17.2 Å². The van der Waals surface area contributed by atoms with E-state index in [9.17, 15) is 19.8 Å². The van der Waals surface area contributed by atoms with Crippen LogP contribution in [0.15, 0.2) is 24.3 Å². The molecule has 0 saturated carbocycles. The Hall–Kier alpha value is -3.04. The molecule has 0 aliphatic carbocycles. The molecule has 9 nitrogen and oxygen atoms in total. The summed E-state index contributed by atoms with van der Waals surface area (Å²) in [6.07, 6.45) is 0. The molecule has 1 aromatic heterocycles. The number of halogens is 1. The van der Waals surface area contributed by atoms with E-state index >= 15 is 0 Å². The Morgan fingerprint density at radius 3 is 2.29 bits per heavy atom. The van der Waals surface area contributed by atoms with Crippen molar-refractivity contribution in [1.82, 2.24) is 4.98 Å². The van der Waals surface area contributed by atoms with Gasteiger partial charge in [-0.25, -0.2) is 14.6 Å². The van der Waals surface area contributed by atoms with E-state index < -0.39 is 23.6 Å². The van der Waals surface area contributed by atoms with Gasteiger partial charge in [-0.05, 0) is 23.8 Å². The minimum atomic E-state index is -2.88. The van der Waals surface area contributed by atoms with E-state index in [4.69, 9.17) is 30.5 Å². The van der Waals surface area contributed by atoms with Crippen LogP contribution >= 0.6 is 11.6 Å². The summed E-state index contributed by atoms with van der Waals surface area (Å²) in [5.41, 5.74) is 0.161. The summed E-state index contributed by atoms with van der Waals surface area (Å²) >= 11 is 5.85. The quantitative estimate of drug-likeness (QED) is 0.562. The van der Waals surface area contributed by atoms with Gasteiger partial charge in [-0.1, -0.05) is 17.7 Å². The number of ether oxygens (including phenoxy) is 4. The van der Waals surface area contributed by atoms with Crippen LogP contribution in [0.2, 0.25) is 5.15 Å². The Morgan fingerprint density at radius 1 is 1.18 bits per heavy atom. The lowest BCUT2D eigenvalue weighted by Gasteiger charge is -2.36. The van der Waals surface area contributed by atoms with Crippen molar-refractivity contribution in [2.45, 2.75) is 11.7 Å². The minimum Gasteiger partial charge on any atom is -0.493 e.